The average Bonchev–Trinajstić information content (AvgIpc) is 3.96. The number of carbonyl (C=O) groups is 2. The first kappa shape index (κ1) is 28.7. The monoisotopic (exact) mass is 673 g/mol. The van der Waals surface area contributed by atoms with Crippen LogP contribution in [0.4, 0.5) is 11.6 Å². The van der Waals surface area contributed by atoms with E-state index in [0.717, 1.165) is 78.1 Å². The van der Waals surface area contributed by atoms with E-state index in [-0.39, 0.29) is 24.4 Å². The van der Waals surface area contributed by atoms with Gasteiger partial charge < -0.3 is 15.3 Å². The molecule has 52 heavy (non-hydrogen) atoms. The minimum atomic E-state index is -0.287. The van der Waals surface area contributed by atoms with Crippen LogP contribution in [0, 0.1) is 0 Å². The van der Waals surface area contributed by atoms with Crippen LogP contribution in [0.5, 0.6) is 0 Å². The molecule has 246 valence electrons. The van der Waals surface area contributed by atoms with Gasteiger partial charge >= 0.3 is 0 Å². The molecule has 4 heterocycles. The van der Waals surface area contributed by atoms with Crippen LogP contribution in [0.3, 0.4) is 0 Å². The van der Waals surface area contributed by atoms with Gasteiger partial charge in [-0.3, -0.25) is 14.5 Å². The maximum absolute atomic E-state index is 13.3. The summed E-state index contributed by atoms with van der Waals surface area (Å²) in [6.45, 7) is 0.140. The molecule has 2 aromatic heterocycles. The summed E-state index contributed by atoms with van der Waals surface area (Å²) in [5.74, 6) is 1.08. The molecule has 2 aliphatic carbocycles. The van der Waals surface area contributed by atoms with E-state index in [1.807, 2.05) is 60.7 Å². The fourth-order valence-corrected chi connectivity index (χ4v) is 7.92. The van der Waals surface area contributed by atoms with Crippen molar-refractivity contribution in [1.29, 1.82) is 0 Å². The normalized spacial score (nSPS) is 16.8. The lowest BCUT2D eigenvalue weighted by Gasteiger charge is -2.14. The third-order valence-electron chi connectivity index (χ3n) is 10.4. The van der Waals surface area contributed by atoms with Crippen molar-refractivity contribution in [3.05, 3.63) is 177 Å². The SMILES string of the molecule is O=C1c2ccccc2C(=O)N1Cc1ccc2c3[nH]c(c2c1)=NC1=CC(Nc2[nH]c(c4ccccc24)N=C2C=C(N=3)c3ccccc32)c2ccccc21. The summed E-state index contributed by atoms with van der Waals surface area (Å²) in [5, 5.41) is 7.55. The fraction of sp³-hybridized carbons (Fsp3) is 0.0465. The number of fused-ring (bicyclic) bond motifs is 19. The van der Waals surface area contributed by atoms with Crippen LogP contribution in [0.25, 0.3) is 32.9 Å². The van der Waals surface area contributed by atoms with Gasteiger partial charge in [0.1, 0.15) is 22.6 Å². The Bertz CT molecular complexity index is 2940. The molecule has 9 nitrogen and oxygen atoms in total. The Morgan fingerprint density at radius 1 is 0.577 bits per heavy atom. The molecule has 1 unspecified atom stereocenters. The van der Waals surface area contributed by atoms with Crippen molar-refractivity contribution in [1.82, 2.24) is 14.9 Å². The minimum absolute atomic E-state index is 0.140. The number of H-pyrrole nitrogens is 2. The summed E-state index contributed by atoms with van der Waals surface area (Å²) >= 11 is 0. The summed E-state index contributed by atoms with van der Waals surface area (Å²) < 4.78 is 0. The van der Waals surface area contributed by atoms with Gasteiger partial charge in [-0.05, 0) is 41.5 Å². The fourth-order valence-electron chi connectivity index (χ4n) is 7.92. The number of imide groups is 1. The van der Waals surface area contributed by atoms with Crippen molar-refractivity contribution < 1.29 is 9.59 Å². The number of nitrogens with zero attached hydrogens (tertiary/aromatic N) is 4. The number of anilines is 1. The molecule has 2 aliphatic heterocycles. The lowest BCUT2D eigenvalue weighted by Crippen LogP contribution is -2.29. The zero-order valence-electron chi connectivity index (χ0n) is 27.5. The number of carbonyl (C=O) groups excluding carboxylic acids is 2. The van der Waals surface area contributed by atoms with Crippen LogP contribution in [0.2, 0.25) is 0 Å². The van der Waals surface area contributed by atoms with Crippen molar-refractivity contribution in [2.75, 3.05) is 5.32 Å². The van der Waals surface area contributed by atoms with Crippen LogP contribution in [0.15, 0.2) is 142 Å². The summed E-state index contributed by atoms with van der Waals surface area (Å²) in [6.07, 6.45) is 4.17. The molecular formula is C43H27N7O2. The summed E-state index contributed by atoms with van der Waals surface area (Å²) in [5.41, 5.74) is 9.52. The maximum atomic E-state index is 13.3. The molecule has 11 rings (SSSR count). The summed E-state index contributed by atoms with van der Waals surface area (Å²) in [4.78, 5) is 50.7. The zero-order valence-corrected chi connectivity index (χ0v) is 27.5. The van der Waals surface area contributed by atoms with Crippen LogP contribution in [-0.4, -0.2) is 32.4 Å². The van der Waals surface area contributed by atoms with E-state index in [4.69, 9.17) is 15.0 Å². The van der Waals surface area contributed by atoms with Gasteiger partial charge in [-0.15, -0.1) is 0 Å². The van der Waals surface area contributed by atoms with E-state index >= 15 is 0 Å². The van der Waals surface area contributed by atoms with Crippen LogP contribution < -0.4 is 16.3 Å². The molecule has 0 radical (unpaired) electrons. The predicted octanol–water partition coefficient (Wildman–Crippen LogP) is 7.38. The van der Waals surface area contributed by atoms with E-state index in [1.165, 1.54) is 4.90 Å². The van der Waals surface area contributed by atoms with Gasteiger partial charge in [0.25, 0.3) is 11.8 Å². The highest BCUT2D eigenvalue weighted by atomic mass is 16.2. The van der Waals surface area contributed by atoms with E-state index in [1.54, 1.807) is 24.3 Å². The lowest BCUT2D eigenvalue weighted by atomic mass is 10.1. The standard InChI is InChI=1S/C43H27N7O2/c51-42-31-15-7-8-16-32(31)43(52)50(42)22-23-17-18-30-33(19-23)41-47-37-21-35(26-11-3-4-12-27(26)37)45-39-29-14-6-5-13-28(29)38(48-39)44-34-20-36(46-40(30)49-41)25-10-2-1-9-24(25)34/h1-21,35,45,48H,22H2,(H,46,47,49). The molecule has 9 heteroatoms. The highest BCUT2D eigenvalue weighted by Crippen LogP contribution is 2.41. The molecule has 3 N–H and O–H groups in total. The Hall–Kier alpha value is -7.13. The molecule has 0 saturated carbocycles. The number of rotatable bonds is 2. The minimum Gasteiger partial charge on any atom is -0.361 e. The number of aromatic nitrogens is 2. The molecule has 5 aromatic carbocycles. The van der Waals surface area contributed by atoms with Crippen molar-refractivity contribution in [3.8, 4) is 0 Å². The van der Waals surface area contributed by atoms with Crippen molar-refractivity contribution in [2.24, 2.45) is 15.0 Å². The largest absolute Gasteiger partial charge is 0.361 e. The molecule has 7 aromatic rings. The second-order valence-corrected chi connectivity index (χ2v) is 13.4. The molecule has 8 bridgehead atoms. The van der Waals surface area contributed by atoms with Crippen LogP contribution in [0.1, 0.15) is 54.6 Å². The Balaban J connectivity index is 1.14. The van der Waals surface area contributed by atoms with E-state index < -0.39 is 0 Å². The van der Waals surface area contributed by atoms with Gasteiger partial charge in [-0.25, -0.2) is 15.0 Å². The molecule has 0 spiro atoms. The van der Waals surface area contributed by atoms with Gasteiger partial charge in [0.2, 0.25) is 0 Å². The van der Waals surface area contributed by atoms with Gasteiger partial charge in [-0.2, -0.15) is 0 Å². The lowest BCUT2D eigenvalue weighted by molar-refractivity contribution is 0.0642. The molecule has 1 atom stereocenters. The van der Waals surface area contributed by atoms with Crippen molar-refractivity contribution >= 4 is 62.1 Å². The van der Waals surface area contributed by atoms with Crippen molar-refractivity contribution in [3.63, 3.8) is 0 Å². The zero-order chi connectivity index (χ0) is 34.5. The first-order valence-corrected chi connectivity index (χ1v) is 17.2. The first-order valence-electron chi connectivity index (χ1n) is 17.2. The smallest absolute Gasteiger partial charge is 0.261 e. The topological polar surface area (TPSA) is 118 Å². The van der Waals surface area contributed by atoms with Crippen LogP contribution in [-0.2, 0) is 6.54 Å². The van der Waals surface area contributed by atoms with Gasteiger partial charge in [0.05, 0.1) is 40.8 Å². The number of aromatic amines is 2. The molecule has 4 aliphatic rings. The number of amides is 2. The number of hydrogen-bond acceptors (Lipinski definition) is 6. The summed E-state index contributed by atoms with van der Waals surface area (Å²) in [6, 6.07) is 37.5. The first-order chi connectivity index (χ1) is 25.6. The van der Waals surface area contributed by atoms with Crippen LogP contribution >= 0.6 is 0 Å². The molecular weight excluding hydrogens is 647 g/mol. The third-order valence-corrected chi connectivity index (χ3v) is 10.4. The number of hydrogen-bond donors (Lipinski definition) is 3. The van der Waals surface area contributed by atoms with Gasteiger partial charge in [0.15, 0.2) is 0 Å². The summed E-state index contributed by atoms with van der Waals surface area (Å²) in [7, 11) is 0. The number of benzene rings is 5. The molecule has 0 fully saturated rings. The Labute approximate surface area is 296 Å². The number of allylic oxidation sites excluding steroid dienone is 1. The van der Waals surface area contributed by atoms with Gasteiger partial charge in [0, 0.05) is 38.2 Å². The quantitative estimate of drug-likeness (QED) is 0.166. The van der Waals surface area contributed by atoms with E-state index in [0.29, 0.717) is 22.1 Å². The van der Waals surface area contributed by atoms with E-state index in [2.05, 4.69) is 57.8 Å². The highest BCUT2D eigenvalue weighted by molar-refractivity contribution is 6.22. The van der Waals surface area contributed by atoms with Crippen molar-refractivity contribution in [2.45, 2.75) is 12.6 Å². The maximum Gasteiger partial charge on any atom is 0.261 e. The van der Waals surface area contributed by atoms with Gasteiger partial charge in [-0.1, -0.05) is 97.1 Å². The van der Waals surface area contributed by atoms with E-state index in [9.17, 15) is 9.59 Å². The Morgan fingerprint density at radius 2 is 1.23 bits per heavy atom. The molecule has 2 amide bonds. The third kappa shape index (κ3) is 4.19. The predicted molar refractivity (Wildman–Crippen MR) is 201 cm³/mol. The second kappa shape index (κ2) is 10.7. The number of aliphatic imine (C=N–C) groups is 1. The molecule has 0 saturated heterocycles. The second-order valence-electron chi connectivity index (χ2n) is 13.4. The average molecular weight is 674 g/mol. The highest BCUT2D eigenvalue weighted by Gasteiger charge is 2.35. The Morgan fingerprint density at radius 3 is 2.04 bits per heavy atom. The number of nitrogens with one attached hydrogen (secondary N) is 3. The Kier molecular flexibility index (Phi) is 5.89.